The smallest absolute Gasteiger partial charge is 0.321 e. The monoisotopic (exact) mass is 439 g/mol. The summed E-state index contributed by atoms with van der Waals surface area (Å²) in [5.41, 5.74) is 2.08. The van der Waals surface area contributed by atoms with Crippen molar-refractivity contribution in [2.75, 3.05) is 5.32 Å². The van der Waals surface area contributed by atoms with Gasteiger partial charge in [-0.2, -0.15) is 23.4 Å². The molecular weight excluding hydrogens is 419 g/mol. The molecule has 160 valence electrons. The van der Waals surface area contributed by atoms with Crippen molar-refractivity contribution in [2.24, 2.45) is 0 Å². The molecule has 1 atom stereocenters. The fourth-order valence-electron chi connectivity index (χ4n) is 3.15. The average Bonchev–Trinajstić information content (AvgIpc) is 3.18. The molecule has 3 rings (SSSR count). The number of hydrogen-bond donors (Lipinski definition) is 1. The van der Waals surface area contributed by atoms with Gasteiger partial charge < -0.3 is 5.32 Å². The molecular formula is C20H21ClF3N5O. The second-order valence-corrected chi connectivity index (χ2v) is 7.54. The van der Waals surface area contributed by atoms with Gasteiger partial charge in [0.05, 0.1) is 23.6 Å². The number of alkyl halides is 3. The van der Waals surface area contributed by atoms with Crippen LogP contribution in [-0.4, -0.2) is 25.5 Å². The van der Waals surface area contributed by atoms with Crippen molar-refractivity contribution >= 4 is 23.2 Å². The summed E-state index contributed by atoms with van der Waals surface area (Å²) in [5, 5.41) is 11.4. The van der Waals surface area contributed by atoms with E-state index in [1.807, 2.05) is 19.1 Å². The molecule has 3 aromatic rings. The lowest BCUT2D eigenvalue weighted by Gasteiger charge is -2.15. The highest BCUT2D eigenvalue weighted by Crippen LogP contribution is 2.30. The summed E-state index contributed by atoms with van der Waals surface area (Å²) in [7, 11) is 0. The molecule has 0 aliphatic rings. The number of amides is 1. The minimum atomic E-state index is -4.57. The largest absolute Gasteiger partial charge is 0.435 e. The van der Waals surface area contributed by atoms with E-state index in [1.165, 1.54) is 13.8 Å². The van der Waals surface area contributed by atoms with Crippen molar-refractivity contribution in [1.29, 1.82) is 0 Å². The number of rotatable bonds is 5. The van der Waals surface area contributed by atoms with Crippen LogP contribution in [0.3, 0.4) is 0 Å². The van der Waals surface area contributed by atoms with Crippen LogP contribution >= 0.6 is 11.6 Å². The maximum Gasteiger partial charge on any atom is 0.435 e. The van der Waals surface area contributed by atoms with E-state index in [0.717, 1.165) is 22.0 Å². The van der Waals surface area contributed by atoms with Gasteiger partial charge in [0.25, 0.3) is 0 Å². The third-order valence-corrected chi connectivity index (χ3v) is 5.09. The number of hydrogen-bond acceptors (Lipinski definition) is 3. The van der Waals surface area contributed by atoms with Gasteiger partial charge in [-0.3, -0.25) is 14.2 Å². The van der Waals surface area contributed by atoms with Crippen molar-refractivity contribution in [3.05, 3.63) is 63.7 Å². The molecule has 0 aliphatic carbocycles. The summed E-state index contributed by atoms with van der Waals surface area (Å²) in [4.78, 5) is 12.7. The Bertz CT molecular complexity index is 1070. The van der Waals surface area contributed by atoms with Crippen molar-refractivity contribution < 1.29 is 18.0 Å². The molecule has 0 radical (unpaired) electrons. The van der Waals surface area contributed by atoms with Crippen LogP contribution < -0.4 is 5.32 Å². The predicted octanol–water partition coefficient (Wildman–Crippen LogP) is 4.93. The van der Waals surface area contributed by atoms with E-state index in [0.29, 0.717) is 22.9 Å². The Balaban J connectivity index is 1.79. The number of nitrogens with one attached hydrogen (secondary N) is 1. The normalized spacial score (nSPS) is 12.8. The standard InChI is InChI=1S/C20H21ClF3N5O/c1-11-9-17(20(22,23)24)27-29(11)14(4)19(30)25-18-12(2)26-28(13(18)3)10-15-5-7-16(21)8-6-15/h5-9,14H,10H2,1-4H3,(H,25,30). The summed E-state index contributed by atoms with van der Waals surface area (Å²) in [6.45, 7) is 7.04. The van der Waals surface area contributed by atoms with Gasteiger partial charge in [0.15, 0.2) is 5.69 Å². The van der Waals surface area contributed by atoms with E-state index in [-0.39, 0.29) is 5.69 Å². The molecule has 0 saturated carbocycles. The Kier molecular flexibility index (Phi) is 5.94. The fraction of sp³-hybridized carbons (Fsp3) is 0.350. The summed E-state index contributed by atoms with van der Waals surface area (Å²) < 4.78 is 41.5. The molecule has 1 aromatic carbocycles. The summed E-state index contributed by atoms with van der Waals surface area (Å²) in [6.07, 6.45) is -4.57. The van der Waals surface area contributed by atoms with Crippen LogP contribution in [0, 0.1) is 20.8 Å². The number of aryl methyl sites for hydroxylation is 2. The van der Waals surface area contributed by atoms with Gasteiger partial charge in [0.2, 0.25) is 5.91 Å². The molecule has 1 N–H and O–H groups in total. The second kappa shape index (κ2) is 8.14. The SMILES string of the molecule is Cc1nn(Cc2ccc(Cl)cc2)c(C)c1NC(=O)C(C)n1nc(C(F)(F)F)cc1C. The van der Waals surface area contributed by atoms with Crippen LogP contribution in [0.2, 0.25) is 5.02 Å². The lowest BCUT2D eigenvalue weighted by molar-refractivity contribution is -0.141. The number of carbonyl (C=O) groups excluding carboxylic acids is 1. The molecule has 10 heteroatoms. The van der Waals surface area contributed by atoms with Crippen molar-refractivity contribution in [3.8, 4) is 0 Å². The summed E-state index contributed by atoms with van der Waals surface area (Å²) in [6, 6.07) is 7.34. The Morgan fingerprint density at radius 1 is 1.17 bits per heavy atom. The molecule has 30 heavy (non-hydrogen) atoms. The fourth-order valence-corrected chi connectivity index (χ4v) is 3.28. The zero-order valence-electron chi connectivity index (χ0n) is 16.9. The van der Waals surface area contributed by atoms with Crippen LogP contribution in [0.5, 0.6) is 0 Å². The number of halogens is 4. The average molecular weight is 440 g/mol. The molecule has 0 bridgehead atoms. The van der Waals surface area contributed by atoms with Crippen molar-refractivity contribution in [1.82, 2.24) is 19.6 Å². The first-order valence-corrected chi connectivity index (χ1v) is 9.58. The van der Waals surface area contributed by atoms with Gasteiger partial charge in [0, 0.05) is 10.7 Å². The molecule has 1 unspecified atom stereocenters. The lowest BCUT2D eigenvalue weighted by atomic mass is 10.2. The maximum absolute atomic E-state index is 12.9. The van der Waals surface area contributed by atoms with Crippen LogP contribution in [0.1, 0.15) is 41.3 Å². The molecule has 0 spiro atoms. The van der Waals surface area contributed by atoms with Gasteiger partial charge in [-0.25, -0.2) is 0 Å². The first kappa shape index (κ1) is 21.9. The van der Waals surface area contributed by atoms with Gasteiger partial charge in [-0.15, -0.1) is 0 Å². The molecule has 0 saturated heterocycles. The second-order valence-electron chi connectivity index (χ2n) is 7.11. The first-order valence-electron chi connectivity index (χ1n) is 9.20. The quantitative estimate of drug-likeness (QED) is 0.613. The zero-order valence-corrected chi connectivity index (χ0v) is 17.6. The highest BCUT2D eigenvalue weighted by atomic mass is 35.5. The number of carbonyl (C=O) groups is 1. The number of anilines is 1. The first-order chi connectivity index (χ1) is 14.0. The van der Waals surface area contributed by atoms with Crippen LogP contribution in [0.25, 0.3) is 0 Å². The van der Waals surface area contributed by atoms with E-state index < -0.39 is 23.8 Å². The van der Waals surface area contributed by atoms with Crippen molar-refractivity contribution in [2.45, 2.75) is 46.5 Å². The Hall–Kier alpha value is -2.81. The molecule has 0 aliphatic heterocycles. The number of benzene rings is 1. The molecule has 6 nitrogen and oxygen atoms in total. The molecule has 2 heterocycles. The van der Waals surface area contributed by atoms with Gasteiger partial charge in [0.1, 0.15) is 6.04 Å². The van der Waals surface area contributed by atoms with Gasteiger partial charge in [-0.05, 0) is 51.5 Å². The van der Waals surface area contributed by atoms with Gasteiger partial charge >= 0.3 is 6.18 Å². The number of aromatic nitrogens is 4. The number of nitrogens with zero attached hydrogens (tertiary/aromatic N) is 4. The minimum absolute atomic E-state index is 0.247. The van der Waals surface area contributed by atoms with E-state index in [2.05, 4.69) is 15.5 Å². The third-order valence-electron chi connectivity index (χ3n) is 4.83. The summed E-state index contributed by atoms with van der Waals surface area (Å²) in [5.74, 6) is -0.479. The van der Waals surface area contributed by atoms with Crippen LogP contribution in [-0.2, 0) is 17.5 Å². The van der Waals surface area contributed by atoms with Crippen molar-refractivity contribution in [3.63, 3.8) is 0 Å². The molecule has 0 fully saturated rings. The maximum atomic E-state index is 12.9. The molecule has 2 aromatic heterocycles. The Morgan fingerprint density at radius 2 is 1.80 bits per heavy atom. The van der Waals surface area contributed by atoms with Gasteiger partial charge in [-0.1, -0.05) is 23.7 Å². The van der Waals surface area contributed by atoms with E-state index in [4.69, 9.17) is 11.6 Å². The topological polar surface area (TPSA) is 64.7 Å². The highest BCUT2D eigenvalue weighted by molar-refractivity contribution is 6.30. The summed E-state index contributed by atoms with van der Waals surface area (Å²) >= 11 is 5.91. The van der Waals surface area contributed by atoms with Crippen LogP contribution in [0.4, 0.5) is 18.9 Å². The molecule has 1 amide bonds. The Labute approximate surface area is 176 Å². The predicted molar refractivity (Wildman–Crippen MR) is 108 cm³/mol. The van der Waals surface area contributed by atoms with E-state index in [1.54, 1.807) is 23.7 Å². The van der Waals surface area contributed by atoms with E-state index >= 15 is 0 Å². The lowest BCUT2D eigenvalue weighted by Crippen LogP contribution is -2.26. The highest BCUT2D eigenvalue weighted by Gasteiger charge is 2.35. The minimum Gasteiger partial charge on any atom is -0.321 e. The third kappa shape index (κ3) is 4.51. The van der Waals surface area contributed by atoms with Crippen LogP contribution in [0.15, 0.2) is 30.3 Å². The zero-order chi connectivity index (χ0) is 22.2. The van der Waals surface area contributed by atoms with E-state index in [9.17, 15) is 18.0 Å². The Morgan fingerprint density at radius 3 is 2.37 bits per heavy atom.